The SMILES string of the molecule is O=C(Nc1ncc(Br)nc1Br)c1cccc(Cl)n1. The highest BCUT2D eigenvalue weighted by molar-refractivity contribution is 9.11. The molecular formula is C10H5Br2ClN4O. The number of nitrogens with one attached hydrogen (secondary N) is 1. The minimum absolute atomic E-state index is 0.208. The van der Waals surface area contributed by atoms with Crippen molar-refractivity contribution in [1.29, 1.82) is 0 Å². The minimum atomic E-state index is -0.408. The van der Waals surface area contributed by atoms with Gasteiger partial charge in [-0.25, -0.2) is 15.0 Å². The Morgan fingerprint density at radius 1 is 1.28 bits per heavy atom. The van der Waals surface area contributed by atoms with Crippen molar-refractivity contribution in [1.82, 2.24) is 15.0 Å². The van der Waals surface area contributed by atoms with Crippen LogP contribution in [0, 0.1) is 0 Å². The zero-order valence-electron chi connectivity index (χ0n) is 8.69. The van der Waals surface area contributed by atoms with Gasteiger partial charge in [0.2, 0.25) is 0 Å². The fourth-order valence-corrected chi connectivity index (χ4v) is 2.21. The number of hydrogen-bond acceptors (Lipinski definition) is 4. The van der Waals surface area contributed by atoms with Gasteiger partial charge in [-0.1, -0.05) is 17.7 Å². The number of rotatable bonds is 2. The lowest BCUT2D eigenvalue weighted by Gasteiger charge is -2.05. The molecule has 0 aromatic carbocycles. The van der Waals surface area contributed by atoms with Crippen molar-refractivity contribution in [3.63, 3.8) is 0 Å². The molecule has 2 heterocycles. The number of pyridine rings is 1. The Balaban J connectivity index is 2.21. The molecule has 2 aromatic rings. The maximum absolute atomic E-state index is 11.9. The molecule has 8 heteroatoms. The predicted molar refractivity (Wildman–Crippen MR) is 74.6 cm³/mol. The first-order valence-corrected chi connectivity index (χ1v) is 6.64. The van der Waals surface area contributed by atoms with Crippen LogP contribution in [0.2, 0.25) is 5.15 Å². The van der Waals surface area contributed by atoms with Gasteiger partial charge in [0.1, 0.15) is 20.1 Å². The molecule has 5 nitrogen and oxygen atoms in total. The number of carbonyl (C=O) groups excluding carboxylic acids is 1. The maximum Gasteiger partial charge on any atom is 0.275 e. The fourth-order valence-electron chi connectivity index (χ4n) is 1.14. The first-order chi connectivity index (χ1) is 8.56. The van der Waals surface area contributed by atoms with Crippen molar-refractivity contribution in [3.8, 4) is 0 Å². The van der Waals surface area contributed by atoms with Crippen LogP contribution in [-0.2, 0) is 0 Å². The third-order valence-electron chi connectivity index (χ3n) is 1.88. The lowest BCUT2D eigenvalue weighted by atomic mass is 10.3. The Morgan fingerprint density at radius 2 is 2.06 bits per heavy atom. The van der Waals surface area contributed by atoms with Gasteiger partial charge in [-0.05, 0) is 44.0 Å². The molecule has 0 aliphatic heterocycles. The van der Waals surface area contributed by atoms with Crippen LogP contribution in [0.15, 0.2) is 33.6 Å². The Hall–Kier alpha value is -1.05. The molecule has 2 aromatic heterocycles. The standard InChI is InChI=1S/C10H5Br2ClN4O/c11-6-4-14-9(8(12)16-6)17-10(18)5-2-1-3-7(13)15-5/h1-4H,(H,14,17,18). The normalized spacial score (nSPS) is 10.2. The molecule has 0 radical (unpaired) electrons. The van der Waals surface area contributed by atoms with Crippen molar-refractivity contribution >= 4 is 55.2 Å². The Labute approximate surface area is 124 Å². The Kier molecular flexibility index (Phi) is 4.26. The lowest BCUT2D eigenvalue weighted by molar-refractivity contribution is 0.102. The second-order valence-corrected chi connectivity index (χ2v) is 5.08. The van der Waals surface area contributed by atoms with Gasteiger partial charge in [0.15, 0.2) is 5.82 Å². The first kappa shape index (κ1) is 13.4. The highest BCUT2D eigenvalue weighted by Gasteiger charge is 2.11. The van der Waals surface area contributed by atoms with Crippen LogP contribution in [0.5, 0.6) is 0 Å². The van der Waals surface area contributed by atoms with Crippen molar-refractivity contribution in [2.75, 3.05) is 5.32 Å². The average molecular weight is 392 g/mol. The molecule has 0 aliphatic rings. The van der Waals surface area contributed by atoms with Gasteiger partial charge in [-0.2, -0.15) is 0 Å². The molecule has 92 valence electrons. The number of amides is 1. The Morgan fingerprint density at radius 3 is 2.72 bits per heavy atom. The number of hydrogen-bond donors (Lipinski definition) is 1. The van der Waals surface area contributed by atoms with Gasteiger partial charge in [0.05, 0.1) is 6.20 Å². The molecule has 1 N–H and O–H groups in total. The van der Waals surface area contributed by atoms with Gasteiger partial charge in [0, 0.05) is 0 Å². The third kappa shape index (κ3) is 3.24. The molecule has 0 fully saturated rings. The van der Waals surface area contributed by atoms with E-state index in [9.17, 15) is 4.79 Å². The summed E-state index contributed by atoms with van der Waals surface area (Å²) in [7, 11) is 0. The molecule has 0 spiro atoms. The number of anilines is 1. The molecule has 2 rings (SSSR count). The predicted octanol–water partition coefficient (Wildman–Crippen LogP) is 3.30. The van der Waals surface area contributed by atoms with Crippen molar-refractivity contribution in [3.05, 3.63) is 44.4 Å². The monoisotopic (exact) mass is 390 g/mol. The highest BCUT2D eigenvalue weighted by Crippen LogP contribution is 2.19. The van der Waals surface area contributed by atoms with E-state index in [1.807, 2.05) is 0 Å². The molecule has 0 unspecified atom stereocenters. The summed E-state index contributed by atoms with van der Waals surface area (Å²) in [5.41, 5.74) is 0.208. The van der Waals surface area contributed by atoms with Crippen LogP contribution in [-0.4, -0.2) is 20.9 Å². The van der Waals surface area contributed by atoms with Gasteiger partial charge in [-0.15, -0.1) is 0 Å². The lowest BCUT2D eigenvalue weighted by Crippen LogP contribution is -2.15. The Bertz CT molecular complexity index is 608. The fraction of sp³-hybridized carbons (Fsp3) is 0. The van der Waals surface area contributed by atoms with Crippen LogP contribution in [0.1, 0.15) is 10.5 Å². The van der Waals surface area contributed by atoms with E-state index >= 15 is 0 Å². The molecule has 0 saturated carbocycles. The van der Waals surface area contributed by atoms with Crippen LogP contribution >= 0.6 is 43.5 Å². The summed E-state index contributed by atoms with van der Waals surface area (Å²) in [6.07, 6.45) is 1.48. The maximum atomic E-state index is 11.9. The zero-order valence-corrected chi connectivity index (χ0v) is 12.6. The quantitative estimate of drug-likeness (QED) is 0.797. The second kappa shape index (κ2) is 5.73. The van der Waals surface area contributed by atoms with E-state index in [2.05, 4.69) is 52.1 Å². The third-order valence-corrected chi connectivity index (χ3v) is 3.03. The van der Waals surface area contributed by atoms with E-state index in [-0.39, 0.29) is 10.8 Å². The van der Waals surface area contributed by atoms with Crippen molar-refractivity contribution < 1.29 is 4.79 Å². The molecule has 1 amide bonds. The summed E-state index contributed by atoms with van der Waals surface area (Å²) in [6, 6.07) is 4.79. The van der Waals surface area contributed by atoms with Gasteiger partial charge in [-0.3, -0.25) is 4.79 Å². The molecule has 0 aliphatic carbocycles. The summed E-state index contributed by atoms with van der Waals surface area (Å²) in [5.74, 6) is -0.0974. The van der Waals surface area contributed by atoms with Gasteiger partial charge >= 0.3 is 0 Å². The average Bonchev–Trinajstić information content (AvgIpc) is 2.32. The highest BCUT2D eigenvalue weighted by atomic mass is 79.9. The largest absolute Gasteiger partial charge is 0.303 e. The summed E-state index contributed by atoms with van der Waals surface area (Å²) in [5, 5.41) is 2.83. The summed E-state index contributed by atoms with van der Waals surface area (Å²) < 4.78 is 0.987. The topological polar surface area (TPSA) is 67.8 Å². The van der Waals surface area contributed by atoms with Crippen LogP contribution in [0.25, 0.3) is 0 Å². The van der Waals surface area contributed by atoms with Gasteiger partial charge < -0.3 is 5.32 Å². The van der Waals surface area contributed by atoms with Crippen molar-refractivity contribution in [2.45, 2.75) is 0 Å². The number of halogens is 3. The number of aromatic nitrogens is 3. The number of carbonyl (C=O) groups is 1. The zero-order chi connectivity index (χ0) is 13.1. The van der Waals surface area contributed by atoms with Crippen molar-refractivity contribution in [2.24, 2.45) is 0 Å². The molecule has 18 heavy (non-hydrogen) atoms. The smallest absolute Gasteiger partial charge is 0.275 e. The minimum Gasteiger partial charge on any atom is -0.303 e. The van der Waals surface area contributed by atoms with E-state index in [0.29, 0.717) is 15.0 Å². The van der Waals surface area contributed by atoms with E-state index < -0.39 is 5.91 Å². The van der Waals surface area contributed by atoms with Crippen LogP contribution < -0.4 is 5.32 Å². The molecule has 0 atom stereocenters. The van der Waals surface area contributed by atoms with E-state index in [1.165, 1.54) is 6.20 Å². The van der Waals surface area contributed by atoms with Crippen LogP contribution in [0.4, 0.5) is 5.82 Å². The summed E-state index contributed by atoms with van der Waals surface area (Å²) >= 11 is 12.1. The summed E-state index contributed by atoms with van der Waals surface area (Å²) in [4.78, 5) is 23.8. The molecule has 0 saturated heterocycles. The van der Waals surface area contributed by atoms with E-state index in [4.69, 9.17) is 11.6 Å². The van der Waals surface area contributed by atoms with E-state index in [0.717, 1.165) is 0 Å². The second-order valence-electron chi connectivity index (χ2n) is 3.13. The molecule has 0 bridgehead atoms. The van der Waals surface area contributed by atoms with E-state index in [1.54, 1.807) is 18.2 Å². The number of nitrogens with zero attached hydrogens (tertiary/aromatic N) is 3. The van der Waals surface area contributed by atoms with Crippen LogP contribution in [0.3, 0.4) is 0 Å². The first-order valence-electron chi connectivity index (χ1n) is 4.68. The van der Waals surface area contributed by atoms with Gasteiger partial charge in [0.25, 0.3) is 5.91 Å². The molecular weight excluding hydrogens is 387 g/mol. The summed E-state index contributed by atoms with van der Waals surface area (Å²) in [6.45, 7) is 0.